The number of benzene rings is 1. The van der Waals surface area contributed by atoms with Crippen LogP contribution in [0.4, 0.5) is 13.2 Å². The number of aromatic nitrogens is 2. The van der Waals surface area contributed by atoms with E-state index < -0.39 is 23.0 Å². The molecule has 0 unspecified atom stereocenters. The first-order chi connectivity index (χ1) is 8.40. The molecular weight excluding hydrogens is 245 g/mol. The van der Waals surface area contributed by atoms with Gasteiger partial charge in [-0.1, -0.05) is 0 Å². The molecule has 0 spiro atoms. The molecule has 0 fully saturated rings. The van der Waals surface area contributed by atoms with Crippen molar-refractivity contribution in [1.82, 2.24) is 9.97 Å². The van der Waals surface area contributed by atoms with Gasteiger partial charge in [0.25, 0.3) is 5.56 Å². The molecule has 1 aromatic heterocycles. The average Bonchev–Trinajstić information content (AvgIpc) is 2.29. The third-order valence-electron chi connectivity index (χ3n) is 2.60. The number of hydrogen-bond acceptors (Lipinski definition) is 2. The van der Waals surface area contributed by atoms with Crippen LogP contribution in [0.25, 0.3) is 11.3 Å². The van der Waals surface area contributed by atoms with E-state index in [4.69, 9.17) is 0 Å². The Morgan fingerprint density at radius 1 is 1.06 bits per heavy atom. The third-order valence-corrected chi connectivity index (χ3v) is 2.60. The lowest BCUT2D eigenvalue weighted by Crippen LogP contribution is -2.15. The molecule has 6 heteroatoms. The number of hydrogen-bond donors (Lipinski definition) is 1. The highest BCUT2D eigenvalue weighted by molar-refractivity contribution is 5.59. The third kappa shape index (κ3) is 2.01. The van der Waals surface area contributed by atoms with Gasteiger partial charge in [-0.05, 0) is 19.9 Å². The van der Waals surface area contributed by atoms with Gasteiger partial charge in [-0.25, -0.2) is 18.2 Å². The summed E-state index contributed by atoms with van der Waals surface area (Å²) in [7, 11) is 0. The van der Waals surface area contributed by atoms with Crippen LogP contribution in [0.2, 0.25) is 0 Å². The van der Waals surface area contributed by atoms with Crippen molar-refractivity contribution in [2.24, 2.45) is 0 Å². The van der Waals surface area contributed by atoms with Gasteiger partial charge >= 0.3 is 0 Å². The summed E-state index contributed by atoms with van der Waals surface area (Å²) >= 11 is 0. The number of aryl methyl sites for hydroxylation is 2. The predicted molar refractivity (Wildman–Crippen MR) is 59.6 cm³/mol. The van der Waals surface area contributed by atoms with Crippen molar-refractivity contribution in [3.8, 4) is 11.3 Å². The molecule has 3 nitrogen and oxygen atoms in total. The highest BCUT2D eigenvalue weighted by Crippen LogP contribution is 2.21. The van der Waals surface area contributed by atoms with Gasteiger partial charge in [0.2, 0.25) is 0 Å². The summed E-state index contributed by atoms with van der Waals surface area (Å²) in [6.07, 6.45) is 0. The molecule has 0 aliphatic heterocycles. The highest BCUT2D eigenvalue weighted by atomic mass is 19.2. The first-order valence-electron chi connectivity index (χ1n) is 5.12. The van der Waals surface area contributed by atoms with E-state index in [0.29, 0.717) is 23.5 Å². The number of aromatic amines is 1. The van der Waals surface area contributed by atoms with Crippen LogP contribution < -0.4 is 5.56 Å². The normalized spacial score (nSPS) is 10.7. The van der Waals surface area contributed by atoms with Crippen molar-refractivity contribution in [2.75, 3.05) is 0 Å². The molecule has 94 valence electrons. The van der Waals surface area contributed by atoms with Gasteiger partial charge in [-0.15, -0.1) is 0 Å². The molecule has 0 atom stereocenters. The van der Waals surface area contributed by atoms with Crippen LogP contribution in [0, 0.1) is 31.3 Å². The average molecular weight is 254 g/mol. The second-order valence-corrected chi connectivity index (χ2v) is 3.87. The van der Waals surface area contributed by atoms with E-state index in [1.807, 2.05) is 0 Å². The maximum atomic E-state index is 13.5. The van der Waals surface area contributed by atoms with Crippen LogP contribution in [0.3, 0.4) is 0 Å². The van der Waals surface area contributed by atoms with Crippen molar-refractivity contribution >= 4 is 0 Å². The maximum Gasteiger partial charge on any atom is 0.274 e. The quantitative estimate of drug-likeness (QED) is 0.794. The van der Waals surface area contributed by atoms with E-state index in [-0.39, 0.29) is 11.3 Å². The van der Waals surface area contributed by atoms with Crippen molar-refractivity contribution < 1.29 is 13.2 Å². The highest BCUT2D eigenvalue weighted by Gasteiger charge is 2.16. The van der Waals surface area contributed by atoms with E-state index in [1.54, 1.807) is 13.8 Å². The molecule has 0 radical (unpaired) electrons. The lowest BCUT2D eigenvalue weighted by Gasteiger charge is -2.05. The van der Waals surface area contributed by atoms with Crippen molar-refractivity contribution in [3.05, 3.63) is 51.3 Å². The fourth-order valence-corrected chi connectivity index (χ4v) is 1.51. The molecule has 1 heterocycles. The molecule has 18 heavy (non-hydrogen) atoms. The fourth-order valence-electron chi connectivity index (χ4n) is 1.51. The van der Waals surface area contributed by atoms with Crippen molar-refractivity contribution in [1.29, 1.82) is 0 Å². The Morgan fingerprint density at radius 3 is 2.33 bits per heavy atom. The molecule has 1 aromatic carbocycles. The van der Waals surface area contributed by atoms with E-state index in [1.165, 1.54) is 0 Å². The summed E-state index contributed by atoms with van der Waals surface area (Å²) in [4.78, 5) is 18.0. The Hall–Kier alpha value is -2.11. The number of halogens is 3. The molecule has 0 aliphatic carbocycles. The standard InChI is InChI=1S/C12H9F3N2O/c1-5-6(2)17-12(18)11(16-5)7-3-9(14)10(15)4-8(7)13/h3-4H,1-2H3,(H,17,18). The summed E-state index contributed by atoms with van der Waals surface area (Å²) in [6, 6.07) is 1.01. The Kier molecular flexibility index (Phi) is 2.94. The number of rotatable bonds is 1. The molecule has 0 aliphatic rings. The first-order valence-corrected chi connectivity index (χ1v) is 5.12. The Morgan fingerprint density at radius 2 is 1.67 bits per heavy atom. The van der Waals surface area contributed by atoms with Crippen LogP contribution in [0.5, 0.6) is 0 Å². The summed E-state index contributed by atoms with van der Waals surface area (Å²) in [6.45, 7) is 3.25. The Balaban J connectivity index is 2.73. The maximum absolute atomic E-state index is 13.5. The van der Waals surface area contributed by atoms with Gasteiger partial charge < -0.3 is 4.98 Å². The SMILES string of the molecule is Cc1nc(-c2cc(F)c(F)cc2F)c(=O)[nH]c1C. The molecule has 0 saturated carbocycles. The van der Waals surface area contributed by atoms with Crippen LogP contribution >= 0.6 is 0 Å². The Labute approximate surface area is 100 Å². The monoisotopic (exact) mass is 254 g/mol. The molecule has 1 N–H and O–H groups in total. The van der Waals surface area contributed by atoms with Gasteiger partial charge in [0.1, 0.15) is 11.5 Å². The summed E-state index contributed by atoms with van der Waals surface area (Å²) in [5.74, 6) is -3.57. The zero-order valence-electron chi connectivity index (χ0n) is 9.64. The van der Waals surface area contributed by atoms with E-state index in [9.17, 15) is 18.0 Å². The minimum atomic E-state index is -1.31. The first kappa shape index (κ1) is 12.3. The van der Waals surface area contributed by atoms with Crippen LogP contribution in [-0.2, 0) is 0 Å². The number of nitrogens with one attached hydrogen (secondary N) is 1. The lowest BCUT2D eigenvalue weighted by atomic mass is 10.1. The Bertz CT molecular complexity index is 680. The number of H-pyrrole nitrogens is 1. The molecular formula is C12H9F3N2O. The van der Waals surface area contributed by atoms with Gasteiger partial charge in [-0.3, -0.25) is 4.79 Å². The summed E-state index contributed by atoms with van der Waals surface area (Å²) in [5.41, 5.74) is -0.267. The summed E-state index contributed by atoms with van der Waals surface area (Å²) < 4.78 is 39.4. The second-order valence-electron chi connectivity index (χ2n) is 3.87. The smallest absolute Gasteiger partial charge is 0.274 e. The molecule has 0 amide bonds. The lowest BCUT2D eigenvalue weighted by molar-refractivity contribution is 0.496. The van der Waals surface area contributed by atoms with Crippen LogP contribution in [0.15, 0.2) is 16.9 Å². The number of nitrogens with zero attached hydrogens (tertiary/aromatic N) is 1. The fraction of sp³-hybridized carbons (Fsp3) is 0.167. The molecule has 2 aromatic rings. The van der Waals surface area contributed by atoms with E-state index in [0.717, 1.165) is 0 Å². The zero-order valence-corrected chi connectivity index (χ0v) is 9.64. The summed E-state index contributed by atoms with van der Waals surface area (Å²) in [5, 5.41) is 0. The van der Waals surface area contributed by atoms with Gasteiger partial charge in [0.15, 0.2) is 11.6 Å². The van der Waals surface area contributed by atoms with Crippen molar-refractivity contribution in [2.45, 2.75) is 13.8 Å². The van der Waals surface area contributed by atoms with Gasteiger partial charge in [0.05, 0.1) is 5.69 Å². The van der Waals surface area contributed by atoms with Crippen LogP contribution in [-0.4, -0.2) is 9.97 Å². The zero-order chi connectivity index (χ0) is 13.4. The van der Waals surface area contributed by atoms with Crippen LogP contribution in [0.1, 0.15) is 11.4 Å². The van der Waals surface area contributed by atoms with Gasteiger partial charge in [0, 0.05) is 17.3 Å². The topological polar surface area (TPSA) is 45.8 Å². The van der Waals surface area contributed by atoms with Crippen molar-refractivity contribution in [3.63, 3.8) is 0 Å². The molecule has 0 saturated heterocycles. The van der Waals surface area contributed by atoms with Gasteiger partial charge in [-0.2, -0.15) is 0 Å². The second kappa shape index (κ2) is 4.29. The molecule has 0 bridgehead atoms. The van der Waals surface area contributed by atoms with E-state index in [2.05, 4.69) is 9.97 Å². The molecule has 2 rings (SSSR count). The minimum Gasteiger partial charge on any atom is -0.323 e. The predicted octanol–water partition coefficient (Wildman–Crippen LogP) is 2.47. The largest absolute Gasteiger partial charge is 0.323 e. The minimum absolute atomic E-state index is 0.269. The van der Waals surface area contributed by atoms with E-state index >= 15 is 0 Å².